The predicted octanol–water partition coefficient (Wildman–Crippen LogP) is 4.37. The molecule has 0 saturated carbocycles. The van der Waals surface area contributed by atoms with Crippen LogP contribution < -0.4 is 5.32 Å². The topological polar surface area (TPSA) is 12.0 Å². The van der Waals surface area contributed by atoms with E-state index in [9.17, 15) is 0 Å². The summed E-state index contributed by atoms with van der Waals surface area (Å²) in [4.78, 5) is 0. The number of hydrogen-bond acceptors (Lipinski definition) is 1. The highest BCUT2D eigenvalue weighted by Gasteiger charge is 2.12. The van der Waals surface area contributed by atoms with Crippen LogP contribution in [0.4, 0.5) is 0 Å². The Balaban J connectivity index is 3.38. The number of hydrogen-bond donors (Lipinski definition) is 1. The van der Waals surface area contributed by atoms with Crippen LogP contribution in [0.1, 0.15) is 72.1 Å². The van der Waals surface area contributed by atoms with E-state index in [1.54, 1.807) is 0 Å². The molecule has 0 radical (unpaired) electrons. The molecule has 15 heavy (non-hydrogen) atoms. The fourth-order valence-corrected chi connectivity index (χ4v) is 2.23. The van der Waals surface area contributed by atoms with Gasteiger partial charge in [-0.15, -0.1) is 0 Å². The van der Waals surface area contributed by atoms with E-state index in [4.69, 9.17) is 0 Å². The van der Waals surface area contributed by atoms with Crippen LogP contribution in [0.3, 0.4) is 0 Å². The van der Waals surface area contributed by atoms with E-state index in [0.29, 0.717) is 6.04 Å². The second-order valence-corrected chi connectivity index (χ2v) is 4.80. The van der Waals surface area contributed by atoms with Gasteiger partial charge in [-0.2, -0.15) is 0 Å². The first-order chi connectivity index (χ1) is 7.26. The summed E-state index contributed by atoms with van der Waals surface area (Å²) >= 11 is 0. The average Bonchev–Trinajstić information content (AvgIpc) is 2.27. The van der Waals surface area contributed by atoms with Gasteiger partial charge in [-0.05, 0) is 26.3 Å². The van der Waals surface area contributed by atoms with Crippen molar-refractivity contribution in [2.24, 2.45) is 5.92 Å². The molecule has 0 fully saturated rings. The van der Waals surface area contributed by atoms with Gasteiger partial charge in [0.25, 0.3) is 0 Å². The first kappa shape index (κ1) is 15.0. The minimum Gasteiger partial charge on any atom is -0.317 e. The largest absolute Gasteiger partial charge is 0.317 e. The van der Waals surface area contributed by atoms with Crippen LogP contribution in [-0.4, -0.2) is 13.1 Å². The van der Waals surface area contributed by atoms with Crippen LogP contribution in [0.15, 0.2) is 0 Å². The zero-order valence-electron chi connectivity index (χ0n) is 11.3. The van der Waals surface area contributed by atoms with E-state index in [1.165, 1.54) is 51.4 Å². The summed E-state index contributed by atoms with van der Waals surface area (Å²) in [7, 11) is 2.08. The lowest BCUT2D eigenvalue weighted by Crippen LogP contribution is -2.30. The van der Waals surface area contributed by atoms with Crippen molar-refractivity contribution >= 4 is 0 Å². The Morgan fingerprint density at radius 3 is 2.07 bits per heavy atom. The van der Waals surface area contributed by atoms with Gasteiger partial charge in [0.15, 0.2) is 0 Å². The van der Waals surface area contributed by atoms with Crippen LogP contribution in [0, 0.1) is 5.92 Å². The maximum Gasteiger partial charge on any atom is 0.00638 e. The summed E-state index contributed by atoms with van der Waals surface area (Å²) in [6.45, 7) is 6.91. The van der Waals surface area contributed by atoms with Gasteiger partial charge in [-0.3, -0.25) is 0 Å². The number of nitrogens with one attached hydrogen (secondary N) is 1. The first-order valence-corrected chi connectivity index (χ1v) is 6.93. The third kappa shape index (κ3) is 7.84. The Bertz CT molecular complexity index is 123. The number of unbranched alkanes of at least 4 members (excludes halogenated alkanes) is 5. The van der Waals surface area contributed by atoms with Gasteiger partial charge in [0.05, 0.1) is 0 Å². The molecule has 0 aromatic heterocycles. The SMILES string of the molecule is CCCCCCCCC(CC)C(C)NC. The zero-order chi connectivity index (χ0) is 11.5. The van der Waals surface area contributed by atoms with Crippen molar-refractivity contribution in [2.75, 3.05) is 7.05 Å². The third-order valence-electron chi connectivity index (χ3n) is 3.62. The highest BCUT2D eigenvalue weighted by atomic mass is 14.9. The average molecular weight is 213 g/mol. The molecule has 0 spiro atoms. The van der Waals surface area contributed by atoms with Crippen molar-refractivity contribution in [3.05, 3.63) is 0 Å². The highest BCUT2D eigenvalue weighted by Crippen LogP contribution is 2.18. The van der Waals surface area contributed by atoms with Crippen LogP contribution in [0.5, 0.6) is 0 Å². The molecule has 0 aliphatic rings. The van der Waals surface area contributed by atoms with Crippen molar-refractivity contribution in [1.29, 1.82) is 0 Å². The standard InChI is InChI=1S/C14H31N/c1-5-7-8-9-10-11-12-14(6-2)13(3)15-4/h13-15H,5-12H2,1-4H3. The van der Waals surface area contributed by atoms with Gasteiger partial charge in [-0.1, -0.05) is 58.8 Å². The van der Waals surface area contributed by atoms with E-state index in [0.717, 1.165) is 5.92 Å². The molecule has 1 N–H and O–H groups in total. The van der Waals surface area contributed by atoms with E-state index in [2.05, 4.69) is 33.1 Å². The second-order valence-electron chi connectivity index (χ2n) is 4.80. The third-order valence-corrected chi connectivity index (χ3v) is 3.62. The van der Waals surface area contributed by atoms with Crippen molar-refractivity contribution in [3.8, 4) is 0 Å². The summed E-state index contributed by atoms with van der Waals surface area (Å²) in [6.07, 6.45) is 11.2. The van der Waals surface area contributed by atoms with Gasteiger partial charge in [0.1, 0.15) is 0 Å². The molecule has 92 valence electrons. The highest BCUT2D eigenvalue weighted by molar-refractivity contribution is 4.69. The van der Waals surface area contributed by atoms with Crippen molar-refractivity contribution in [1.82, 2.24) is 5.32 Å². The second kappa shape index (κ2) is 10.5. The van der Waals surface area contributed by atoms with Crippen molar-refractivity contribution in [3.63, 3.8) is 0 Å². The Kier molecular flexibility index (Phi) is 10.4. The van der Waals surface area contributed by atoms with E-state index in [-0.39, 0.29) is 0 Å². The molecule has 0 amide bonds. The summed E-state index contributed by atoms with van der Waals surface area (Å²) < 4.78 is 0. The maximum atomic E-state index is 3.38. The molecule has 0 aliphatic carbocycles. The molecule has 1 heteroatoms. The zero-order valence-corrected chi connectivity index (χ0v) is 11.3. The number of rotatable bonds is 10. The van der Waals surface area contributed by atoms with Gasteiger partial charge in [0, 0.05) is 6.04 Å². The predicted molar refractivity (Wildman–Crippen MR) is 70.3 cm³/mol. The molecule has 2 unspecified atom stereocenters. The molecular formula is C14H31N. The van der Waals surface area contributed by atoms with Crippen LogP contribution in [0.25, 0.3) is 0 Å². The molecule has 0 saturated heterocycles. The Morgan fingerprint density at radius 2 is 1.53 bits per heavy atom. The van der Waals surface area contributed by atoms with E-state index in [1.807, 2.05) is 0 Å². The van der Waals surface area contributed by atoms with Crippen LogP contribution >= 0.6 is 0 Å². The lowest BCUT2D eigenvalue weighted by molar-refractivity contribution is 0.347. The normalized spacial score (nSPS) is 15.2. The van der Waals surface area contributed by atoms with Gasteiger partial charge in [0.2, 0.25) is 0 Å². The molecule has 0 aliphatic heterocycles. The van der Waals surface area contributed by atoms with Crippen molar-refractivity contribution in [2.45, 2.75) is 78.2 Å². The van der Waals surface area contributed by atoms with Crippen LogP contribution in [0.2, 0.25) is 0 Å². The fraction of sp³-hybridized carbons (Fsp3) is 1.00. The van der Waals surface area contributed by atoms with Gasteiger partial charge >= 0.3 is 0 Å². The molecule has 0 aromatic rings. The quantitative estimate of drug-likeness (QED) is 0.531. The van der Waals surface area contributed by atoms with Gasteiger partial charge in [-0.25, -0.2) is 0 Å². The molecule has 0 rings (SSSR count). The molecule has 0 bridgehead atoms. The van der Waals surface area contributed by atoms with Gasteiger partial charge < -0.3 is 5.32 Å². The minimum absolute atomic E-state index is 0.686. The maximum absolute atomic E-state index is 3.38. The van der Waals surface area contributed by atoms with E-state index >= 15 is 0 Å². The smallest absolute Gasteiger partial charge is 0.00638 e. The molecule has 0 heterocycles. The molecule has 2 atom stereocenters. The Hall–Kier alpha value is -0.0400. The molecule has 1 nitrogen and oxygen atoms in total. The first-order valence-electron chi connectivity index (χ1n) is 6.93. The molecular weight excluding hydrogens is 182 g/mol. The van der Waals surface area contributed by atoms with E-state index < -0.39 is 0 Å². The molecule has 0 aromatic carbocycles. The Morgan fingerprint density at radius 1 is 0.933 bits per heavy atom. The monoisotopic (exact) mass is 213 g/mol. The summed E-state index contributed by atoms with van der Waals surface area (Å²) in [6, 6.07) is 0.686. The summed E-state index contributed by atoms with van der Waals surface area (Å²) in [5, 5.41) is 3.38. The van der Waals surface area contributed by atoms with Crippen LogP contribution in [-0.2, 0) is 0 Å². The summed E-state index contributed by atoms with van der Waals surface area (Å²) in [5.41, 5.74) is 0. The minimum atomic E-state index is 0.686. The van der Waals surface area contributed by atoms with Crippen molar-refractivity contribution < 1.29 is 0 Å². The lowest BCUT2D eigenvalue weighted by atomic mass is 9.92. The Labute approximate surface area is 97.0 Å². The fourth-order valence-electron chi connectivity index (χ4n) is 2.23. The lowest BCUT2D eigenvalue weighted by Gasteiger charge is -2.22. The summed E-state index contributed by atoms with van der Waals surface area (Å²) in [5.74, 6) is 0.876.